The number of benzene rings is 1. The smallest absolute Gasteiger partial charge is 0.268 e. The minimum atomic E-state index is -0.128. The third-order valence-corrected chi connectivity index (χ3v) is 5.72. The molecule has 1 N–H and O–H groups in total. The van der Waals surface area contributed by atoms with Crippen molar-refractivity contribution in [3.8, 4) is 5.75 Å². The number of nitrogens with zero attached hydrogens (tertiary/aromatic N) is 2. The number of nitrogens with one attached hydrogen (secondary N) is 1. The molecule has 2 unspecified atom stereocenters. The van der Waals surface area contributed by atoms with Crippen molar-refractivity contribution in [3.63, 3.8) is 0 Å². The van der Waals surface area contributed by atoms with Crippen LogP contribution in [0, 0.1) is 0 Å². The van der Waals surface area contributed by atoms with Crippen LogP contribution in [-0.4, -0.2) is 47.5 Å². The first kappa shape index (κ1) is 17.3. The molecule has 1 aromatic rings. The summed E-state index contributed by atoms with van der Waals surface area (Å²) in [7, 11) is 1.97. The molecule has 0 aromatic heterocycles. The van der Waals surface area contributed by atoms with Crippen LogP contribution in [0.5, 0.6) is 5.75 Å². The molecule has 0 aliphatic carbocycles. The van der Waals surface area contributed by atoms with Gasteiger partial charge in [0.25, 0.3) is 5.91 Å². The third kappa shape index (κ3) is 2.93. The highest BCUT2D eigenvalue weighted by molar-refractivity contribution is 9.09. The monoisotopic (exact) mass is 393 g/mol. The Kier molecular flexibility index (Phi) is 5.15. The molecule has 3 rings (SSSR count). The van der Waals surface area contributed by atoms with Crippen molar-refractivity contribution >= 4 is 21.8 Å². The van der Waals surface area contributed by atoms with Gasteiger partial charge in [-0.25, -0.2) is 0 Å². The molecule has 0 fully saturated rings. The second kappa shape index (κ2) is 7.15. The zero-order valence-electron chi connectivity index (χ0n) is 14.4. The number of amides is 1. The lowest BCUT2D eigenvalue weighted by atomic mass is 9.97. The largest absolute Gasteiger partial charge is 0.494 e. The summed E-state index contributed by atoms with van der Waals surface area (Å²) < 4.78 is 5.78. The Morgan fingerprint density at radius 2 is 2.08 bits per heavy atom. The molecule has 6 heteroatoms. The molecule has 2 atom stereocenters. The van der Waals surface area contributed by atoms with Crippen molar-refractivity contribution in [1.29, 1.82) is 0 Å². The summed E-state index contributed by atoms with van der Waals surface area (Å²) >= 11 is 3.71. The van der Waals surface area contributed by atoms with Crippen LogP contribution in [0.1, 0.15) is 31.9 Å². The molecule has 5 nitrogen and oxygen atoms in total. The average molecular weight is 394 g/mol. The first-order chi connectivity index (χ1) is 11.6. The standard InChI is InChI=1S/C18H24BrN3O2/c1-4-10-22-11-13-15(12-8-6-7-9-14(12)24-5-2)20-17(23)16(13)21(3)18(22)19/h6-9,15,18H,4-5,10-11H2,1-3H3,(H,20,23). The summed E-state index contributed by atoms with van der Waals surface area (Å²) in [6.45, 7) is 6.50. The quantitative estimate of drug-likeness (QED) is 0.616. The number of carbonyl (C=O) groups is 1. The van der Waals surface area contributed by atoms with Gasteiger partial charge in [-0.2, -0.15) is 0 Å². The molecule has 2 heterocycles. The normalized spacial score (nSPS) is 24.2. The van der Waals surface area contributed by atoms with Crippen LogP contribution in [-0.2, 0) is 4.79 Å². The molecule has 1 amide bonds. The molecule has 24 heavy (non-hydrogen) atoms. The Hall–Kier alpha value is -1.53. The van der Waals surface area contributed by atoms with Crippen molar-refractivity contribution in [2.45, 2.75) is 31.4 Å². The van der Waals surface area contributed by atoms with Gasteiger partial charge in [-0.15, -0.1) is 0 Å². The molecule has 2 aliphatic rings. The molecule has 0 spiro atoms. The topological polar surface area (TPSA) is 44.8 Å². The Labute approximate surface area is 151 Å². The lowest BCUT2D eigenvalue weighted by Crippen LogP contribution is -2.48. The second-order valence-electron chi connectivity index (χ2n) is 6.14. The fourth-order valence-electron chi connectivity index (χ4n) is 3.51. The molecule has 1 aromatic carbocycles. The minimum absolute atomic E-state index is 0.00981. The number of rotatable bonds is 5. The Morgan fingerprint density at radius 1 is 1.33 bits per heavy atom. The van der Waals surface area contributed by atoms with E-state index in [1.54, 1.807) is 0 Å². The van der Waals surface area contributed by atoms with Crippen LogP contribution in [0.4, 0.5) is 0 Å². The van der Waals surface area contributed by atoms with E-state index in [0.717, 1.165) is 42.1 Å². The predicted octanol–water partition coefficient (Wildman–Crippen LogP) is 2.85. The first-order valence-corrected chi connectivity index (χ1v) is 9.36. The van der Waals surface area contributed by atoms with E-state index >= 15 is 0 Å². The molecule has 2 aliphatic heterocycles. The second-order valence-corrected chi connectivity index (χ2v) is 6.96. The number of hydrogen-bond donors (Lipinski definition) is 1. The fraction of sp³-hybridized carbons (Fsp3) is 0.500. The van der Waals surface area contributed by atoms with Gasteiger partial charge in [0, 0.05) is 25.7 Å². The van der Waals surface area contributed by atoms with Gasteiger partial charge in [0.2, 0.25) is 0 Å². The van der Waals surface area contributed by atoms with Gasteiger partial charge in [-0.05, 0) is 40.9 Å². The first-order valence-electron chi connectivity index (χ1n) is 8.45. The highest BCUT2D eigenvalue weighted by Gasteiger charge is 2.42. The zero-order chi connectivity index (χ0) is 17.3. The van der Waals surface area contributed by atoms with Crippen LogP contribution in [0.15, 0.2) is 35.5 Å². The van der Waals surface area contributed by atoms with Crippen molar-refractivity contribution < 1.29 is 9.53 Å². The third-order valence-electron chi connectivity index (χ3n) is 4.53. The van der Waals surface area contributed by atoms with E-state index in [9.17, 15) is 4.79 Å². The average Bonchev–Trinajstić information content (AvgIpc) is 2.90. The lowest BCUT2D eigenvalue weighted by molar-refractivity contribution is -0.118. The van der Waals surface area contributed by atoms with Crippen molar-refractivity contribution in [2.24, 2.45) is 0 Å². The van der Waals surface area contributed by atoms with E-state index in [2.05, 4.69) is 33.1 Å². The van der Waals surface area contributed by atoms with E-state index in [0.29, 0.717) is 6.61 Å². The van der Waals surface area contributed by atoms with Gasteiger partial charge in [-0.3, -0.25) is 9.69 Å². The number of halogens is 1. The number of ether oxygens (including phenoxy) is 1. The molecular formula is C18H24BrN3O2. The van der Waals surface area contributed by atoms with Gasteiger partial charge >= 0.3 is 0 Å². The van der Waals surface area contributed by atoms with Gasteiger partial charge in [0.05, 0.1) is 12.6 Å². The Bertz CT molecular complexity index is 661. The fourth-order valence-corrected chi connectivity index (χ4v) is 4.07. The molecule has 0 bridgehead atoms. The Morgan fingerprint density at radius 3 is 2.79 bits per heavy atom. The maximum Gasteiger partial charge on any atom is 0.268 e. The molecule has 0 saturated heterocycles. The molecule has 0 saturated carbocycles. The highest BCUT2D eigenvalue weighted by atomic mass is 79.9. The number of hydrogen-bond acceptors (Lipinski definition) is 4. The van der Waals surface area contributed by atoms with Crippen LogP contribution in [0.3, 0.4) is 0 Å². The van der Waals surface area contributed by atoms with Crippen LogP contribution < -0.4 is 10.1 Å². The van der Waals surface area contributed by atoms with Crippen molar-refractivity contribution in [1.82, 2.24) is 15.1 Å². The number of likely N-dealkylation sites (N-methyl/N-ethyl adjacent to an activating group) is 1. The highest BCUT2D eigenvalue weighted by Crippen LogP contribution is 2.40. The zero-order valence-corrected chi connectivity index (χ0v) is 16.0. The predicted molar refractivity (Wildman–Crippen MR) is 97.9 cm³/mol. The van der Waals surface area contributed by atoms with E-state index in [-0.39, 0.29) is 17.0 Å². The van der Waals surface area contributed by atoms with E-state index in [1.165, 1.54) is 0 Å². The summed E-state index contributed by atoms with van der Waals surface area (Å²) in [5, 5.41) is 3.19. The maximum atomic E-state index is 12.6. The van der Waals surface area contributed by atoms with Gasteiger partial charge in [-0.1, -0.05) is 25.1 Å². The molecule has 0 radical (unpaired) electrons. The summed E-state index contributed by atoms with van der Waals surface area (Å²) in [5.41, 5.74) is 2.93. The van der Waals surface area contributed by atoms with Crippen LogP contribution in [0.2, 0.25) is 0 Å². The van der Waals surface area contributed by atoms with Crippen molar-refractivity contribution in [2.75, 3.05) is 26.7 Å². The maximum absolute atomic E-state index is 12.6. The summed E-state index contributed by atoms with van der Waals surface area (Å²) in [5.74, 6) is 0.828. The van der Waals surface area contributed by atoms with Crippen LogP contribution in [0.25, 0.3) is 0 Å². The SMILES string of the molecule is CCCN1CC2=C(C(=O)NC2c2ccccc2OCC)N(C)C1Br. The van der Waals surface area contributed by atoms with Gasteiger partial charge in [0.15, 0.2) is 0 Å². The summed E-state index contributed by atoms with van der Waals surface area (Å²) in [4.78, 5) is 17.0. The number of para-hydroxylation sites is 1. The van der Waals surface area contributed by atoms with Crippen molar-refractivity contribution in [3.05, 3.63) is 41.1 Å². The Balaban J connectivity index is 2.00. The summed E-state index contributed by atoms with van der Waals surface area (Å²) in [6, 6.07) is 7.83. The number of carbonyl (C=O) groups excluding carboxylic acids is 1. The van der Waals surface area contributed by atoms with E-state index < -0.39 is 0 Å². The van der Waals surface area contributed by atoms with E-state index in [4.69, 9.17) is 4.74 Å². The summed E-state index contributed by atoms with van der Waals surface area (Å²) in [6.07, 6.45) is 1.07. The minimum Gasteiger partial charge on any atom is -0.494 e. The van der Waals surface area contributed by atoms with E-state index in [1.807, 2.05) is 43.1 Å². The molecular weight excluding hydrogens is 370 g/mol. The number of alkyl halides is 1. The molecule has 130 valence electrons. The van der Waals surface area contributed by atoms with Crippen LogP contribution >= 0.6 is 15.9 Å². The van der Waals surface area contributed by atoms with Gasteiger partial charge in [0.1, 0.15) is 16.5 Å². The van der Waals surface area contributed by atoms with Gasteiger partial charge < -0.3 is 15.0 Å². The lowest BCUT2D eigenvalue weighted by Gasteiger charge is -2.40.